The number of nitrogens with one attached hydrogen (secondary N) is 1. The Balaban J connectivity index is 1.66. The highest BCUT2D eigenvalue weighted by atomic mass is 32.2. The predicted octanol–water partition coefficient (Wildman–Crippen LogP) is 3.13. The van der Waals surface area contributed by atoms with Gasteiger partial charge in [-0.1, -0.05) is 30.3 Å². The first kappa shape index (κ1) is 20.8. The molecule has 29 heavy (non-hydrogen) atoms. The van der Waals surface area contributed by atoms with E-state index >= 15 is 0 Å². The summed E-state index contributed by atoms with van der Waals surface area (Å²) >= 11 is 0. The van der Waals surface area contributed by atoms with Crippen molar-refractivity contribution < 1.29 is 22.4 Å². The van der Waals surface area contributed by atoms with Crippen molar-refractivity contribution in [2.24, 2.45) is 0 Å². The molecule has 0 saturated carbocycles. The minimum Gasteiger partial charge on any atom is -0.459 e. The van der Waals surface area contributed by atoms with Gasteiger partial charge in [0.2, 0.25) is 15.9 Å². The minimum absolute atomic E-state index is 0.0168. The maximum atomic E-state index is 12.7. The molecule has 0 aliphatic rings. The third-order valence-corrected chi connectivity index (χ3v) is 6.40. The number of furan rings is 1. The van der Waals surface area contributed by atoms with E-state index in [9.17, 15) is 18.0 Å². The number of para-hydroxylation sites is 1. The Hall–Kier alpha value is -2.97. The zero-order valence-corrected chi connectivity index (χ0v) is 17.2. The molecule has 152 valence electrons. The lowest BCUT2D eigenvalue weighted by Gasteiger charge is -2.18. The van der Waals surface area contributed by atoms with Crippen molar-refractivity contribution in [2.75, 3.05) is 13.6 Å². The molecule has 0 saturated heterocycles. The summed E-state index contributed by atoms with van der Waals surface area (Å²) in [5, 5.41) is 3.68. The van der Waals surface area contributed by atoms with E-state index in [1.54, 1.807) is 6.92 Å². The zero-order valence-electron chi connectivity index (χ0n) is 16.4. The van der Waals surface area contributed by atoms with Gasteiger partial charge in [-0.3, -0.25) is 9.59 Å². The van der Waals surface area contributed by atoms with Gasteiger partial charge in [-0.2, -0.15) is 4.31 Å². The van der Waals surface area contributed by atoms with Crippen molar-refractivity contribution in [3.8, 4) is 0 Å². The third-order valence-electron chi connectivity index (χ3n) is 4.58. The van der Waals surface area contributed by atoms with Gasteiger partial charge >= 0.3 is 0 Å². The van der Waals surface area contributed by atoms with Crippen LogP contribution in [0.3, 0.4) is 0 Å². The summed E-state index contributed by atoms with van der Waals surface area (Å²) < 4.78 is 32.0. The number of benzene rings is 2. The number of Topliss-reactive ketones (excluding diaryl/α,β-unsaturated/α-hetero) is 1. The SMILES string of the molecule is CC(=O)c1ccc(S(=O)(=O)N(C)CC(=O)NC(C)c2cc3ccccc3o2)cc1. The van der Waals surface area contributed by atoms with Gasteiger partial charge in [-0.05, 0) is 38.1 Å². The fraction of sp³-hybridized carbons (Fsp3) is 0.238. The number of amides is 1. The molecule has 3 aromatic rings. The number of sulfonamides is 1. The molecule has 1 aromatic heterocycles. The van der Waals surface area contributed by atoms with Gasteiger partial charge in [0.25, 0.3) is 0 Å². The second-order valence-electron chi connectivity index (χ2n) is 6.82. The highest BCUT2D eigenvalue weighted by Gasteiger charge is 2.24. The molecule has 1 atom stereocenters. The summed E-state index contributed by atoms with van der Waals surface area (Å²) in [5.74, 6) is -0.0180. The average Bonchev–Trinajstić information content (AvgIpc) is 3.12. The number of ketones is 1. The second-order valence-corrected chi connectivity index (χ2v) is 8.86. The first-order valence-corrected chi connectivity index (χ1v) is 10.5. The molecule has 1 heterocycles. The van der Waals surface area contributed by atoms with Crippen LogP contribution < -0.4 is 5.32 Å². The smallest absolute Gasteiger partial charge is 0.243 e. The lowest BCUT2D eigenvalue weighted by Crippen LogP contribution is -2.39. The number of rotatable bonds is 7. The number of carbonyl (C=O) groups excluding carboxylic acids is 2. The van der Waals surface area contributed by atoms with Crippen LogP contribution in [-0.2, 0) is 14.8 Å². The molecule has 0 spiro atoms. The minimum atomic E-state index is -3.86. The topological polar surface area (TPSA) is 96.7 Å². The number of fused-ring (bicyclic) bond motifs is 1. The van der Waals surface area contributed by atoms with Crippen LogP contribution in [0.25, 0.3) is 11.0 Å². The quantitative estimate of drug-likeness (QED) is 0.599. The fourth-order valence-corrected chi connectivity index (χ4v) is 4.03. The Kier molecular flexibility index (Phi) is 5.86. The average molecular weight is 414 g/mol. The van der Waals surface area contributed by atoms with Crippen molar-refractivity contribution in [3.05, 3.63) is 65.9 Å². The van der Waals surface area contributed by atoms with E-state index in [0.717, 1.165) is 15.3 Å². The number of likely N-dealkylation sites (N-methyl/N-ethyl adjacent to an activating group) is 1. The van der Waals surface area contributed by atoms with Crippen LogP contribution in [0.4, 0.5) is 0 Å². The third kappa shape index (κ3) is 4.55. The Labute approximate surface area is 169 Å². The first-order chi connectivity index (χ1) is 13.7. The van der Waals surface area contributed by atoms with Gasteiger partial charge < -0.3 is 9.73 Å². The molecule has 8 heteroatoms. The van der Waals surface area contributed by atoms with Gasteiger partial charge in [-0.25, -0.2) is 8.42 Å². The van der Waals surface area contributed by atoms with E-state index < -0.39 is 22.0 Å². The van der Waals surface area contributed by atoms with Gasteiger partial charge in [0.1, 0.15) is 11.3 Å². The molecular formula is C21H22N2O5S. The summed E-state index contributed by atoms with van der Waals surface area (Å²) in [4.78, 5) is 23.7. The molecule has 1 N–H and O–H groups in total. The zero-order chi connectivity index (χ0) is 21.2. The highest BCUT2D eigenvalue weighted by Crippen LogP contribution is 2.23. The molecule has 7 nitrogen and oxygen atoms in total. The van der Waals surface area contributed by atoms with Crippen LogP contribution in [0.5, 0.6) is 0 Å². The van der Waals surface area contributed by atoms with Crippen molar-refractivity contribution >= 4 is 32.7 Å². The van der Waals surface area contributed by atoms with Crippen molar-refractivity contribution in [1.29, 1.82) is 0 Å². The summed E-state index contributed by atoms with van der Waals surface area (Å²) in [7, 11) is -2.53. The molecule has 2 aromatic carbocycles. The molecule has 1 amide bonds. The lowest BCUT2D eigenvalue weighted by molar-refractivity contribution is -0.121. The monoisotopic (exact) mass is 414 g/mol. The number of hydrogen-bond acceptors (Lipinski definition) is 5. The van der Waals surface area contributed by atoms with E-state index in [4.69, 9.17) is 4.42 Å². The highest BCUT2D eigenvalue weighted by molar-refractivity contribution is 7.89. The number of carbonyl (C=O) groups is 2. The maximum Gasteiger partial charge on any atom is 0.243 e. The van der Waals surface area contributed by atoms with E-state index in [1.807, 2.05) is 30.3 Å². The van der Waals surface area contributed by atoms with Gasteiger partial charge in [0.15, 0.2) is 5.78 Å². The summed E-state index contributed by atoms with van der Waals surface area (Å²) in [5.41, 5.74) is 1.14. The molecule has 1 unspecified atom stereocenters. The predicted molar refractivity (Wildman–Crippen MR) is 109 cm³/mol. The Bertz CT molecular complexity index is 1120. The van der Waals surface area contributed by atoms with Crippen molar-refractivity contribution in [1.82, 2.24) is 9.62 Å². The summed E-state index contributed by atoms with van der Waals surface area (Å²) in [6.45, 7) is 2.83. The molecule has 3 rings (SSSR count). The largest absolute Gasteiger partial charge is 0.459 e. The van der Waals surface area contributed by atoms with Gasteiger partial charge in [0.05, 0.1) is 17.5 Å². The van der Waals surface area contributed by atoms with E-state index in [-0.39, 0.29) is 17.2 Å². The van der Waals surface area contributed by atoms with E-state index in [0.29, 0.717) is 11.3 Å². The van der Waals surface area contributed by atoms with E-state index in [1.165, 1.54) is 38.2 Å². The van der Waals surface area contributed by atoms with Crippen LogP contribution in [0.2, 0.25) is 0 Å². The Morgan fingerprint density at radius 3 is 2.38 bits per heavy atom. The molecule has 0 bridgehead atoms. The van der Waals surface area contributed by atoms with Crippen LogP contribution in [0, 0.1) is 0 Å². The molecule has 0 aliphatic heterocycles. The fourth-order valence-electron chi connectivity index (χ4n) is 2.90. The standard InChI is InChI=1S/C21H22N2O5S/c1-14(20-12-17-6-4-5-7-19(17)28-20)22-21(25)13-23(3)29(26,27)18-10-8-16(9-11-18)15(2)24/h4-12,14H,13H2,1-3H3,(H,22,25). The number of nitrogens with zero attached hydrogens (tertiary/aromatic N) is 1. The number of hydrogen-bond donors (Lipinski definition) is 1. The summed E-state index contributed by atoms with van der Waals surface area (Å²) in [6.07, 6.45) is 0. The molecular weight excluding hydrogens is 392 g/mol. The van der Waals surface area contributed by atoms with E-state index in [2.05, 4.69) is 5.32 Å². The van der Waals surface area contributed by atoms with Crippen LogP contribution in [0.15, 0.2) is 63.9 Å². The normalized spacial score (nSPS) is 12.8. The van der Waals surface area contributed by atoms with Crippen molar-refractivity contribution in [3.63, 3.8) is 0 Å². The molecule has 0 aliphatic carbocycles. The lowest BCUT2D eigenvalue weighted by atomic mass is 10.2. The van der Waals surface area contributed by atoms with Crippen LogP contribution >= 0.6 is 0 Å². The second kappa shape index (κ2) is 8.18. The Morgan fingerprint density at radius 2 is 1.76 bits per heavy atom. The first-order valence-electron chi connectivity index (χ1n) is 9.03. The van der Waals surface area contributed by atoms with Gasteiger partial charge in [0, 0.05) is 18.0 Å². The Morgan fingerprint density at radius 1 is 1.10 bits per heavy atom. The summed E-state index contributed by atoms with van der Waals surface area (Å²) in [6, 6.07) is 14.6. The van der Waals surface area contributed by atoms with Crippen molar-refractivity contribution in [2.45, 2.75) is 24.8 Å². The molecule has 0 fully saturated rings. The van der Waals surface area contributed by atoms with Gasteiger partial charge in [-0.15, -0.1) is 0 Å². The molecule has 0 radical (unpaired) electrons. The maximum absolute atomic E-state index is 12.7. The van der Waals surface area contributed by atoms with Crippen LogP contribution in [0.1, 0.15) is 36.0 Å². The van der Waals surface area contributed by atoms with Crippen LogP contribution in [-0.4, -0.2) is 38.0 Å².